The van der Waals surface area contributed by atoms with E-state index in [1.54, 1.807) is 18.3 Å². The Morgan fingerprint density at radius 3 is 2.72 bits per heavy atom. The SMILES string of the molecule is Cc1cc(Cl)c2ccn(C(=O)OC(C)(C)C)c2n1. The number of hydrogen-bond acceptors (Lipinski definition) is 3. The van der Waals surface area contributed by atoms with Crippen LogP contribution in [-0.4, -0.2) is 21.2 Å². The molecule has 0 aliphatic carbocycles. The number of rotatable bonds is 0. The maximum Gasteiger partial charge on any atom is 0.420 e. The lowest BCUT2D eigenvalue weighted by molar-refractivity contribution is 0.0543. The smallest absolute Gasteiger partial charge is 0.420 e. The fraction of sp³-hybridized carbons (Fsp3) is 0.385. The Balaban J connectivity index is 2.49. The number of aryl methyl sites for hydroxylation is 1. The first kappa shape index (κ1) is 12.9. The van der Waals surface area contributed by atoms with Gasteiger partial charge >= 0.3 is 6.09 Å². The lowest BCUT2D eigenvalue weighted by Gasteiger charge is -2.19. The Bertz CT molecular complexity index is 611. The largest absolute Gasteiger partial charge is 0.443 e. The summed E-state index contributed by atoms with van der Waals surface area (Å²) in [6, 6.07) is 3.53. The van der Waals surface area contributed by atoms with E-state index >= 15 is 0 Å². The highest BCUT2D eigenvalue weighted by molar-refractivity contribution is 6.35. The molecule has 18 heavy (non-hydrogen) atoms. The van der Waals surface area contributed by atoms with Crippen LogP contribution < -0.4 is 0 Å². The molecule has 0 spiro atoms. The van der Waals surface area contributed by atoms with Crippen LogP contribution in [0.15, 0.2) is 18.3 Å². The van der Waals surface area contributed by atoms with Crippen LogP contribution >= 0.6 is 11.6 Å². The van der Waals surface area contributed by atoms with E-state index in [1.807, 2.05) is 27.7 Å². The van der Waals surface area contributed by atoms with Gasteiger partial charge in [-0.25, -0.2) is 14.3 Å². The number of carbonyl (C=O) groups is 1. The zero-order chi connectivity index (χ0) is 13.5. The lowest BCUT2D eigenvalue weighted by atomic mass is 10.2. The summed E-state index contributed by atoms with van der Waals surface area (Å²) < 4.78 is 6.69. The maximum atomic E-state index is 12.0. The van der Waals surface area contributed by atoms with Crippen molar-refractivity contribution in [1.82, 2.24) is 9.55 Å². The number of hydrogen-bond donors (Lipinski definition) is 0. The molecular formula is C13H15ClN2O2. The molecule has 0 aromatic carbocycles. The minimum Gasteiger partial charge on any atom is -0.443 e. The van der Waals surface area contributed by atoms with Crippen molar-refractivity contribution in [3.8, 4) is 0 Å². The predicted molar refractivity (Wildman–Crippen MR) is 71.1 cm³/mol. The average molecular weight is 267 g/mol. The Morgan fingerprint density at radius 1 is 1.44 bits per heavy atom. The molecule has 0 radical (unpaired) electrons. The van der Waals surface area contributed by atoms with Crippen molar-refractivity contribution in [2.24, 2.45) is 0 Å². The zero-order valence-corrected chi connectivity index (χ0v) is 11.6. The molecule has 0 fully saturated rings. The third-order valence-corrected chi connectivity index (χ3v) is 2.64. The van der Waals surface area contributed by atoms with Crippen LogP contribution in [0.3, 0.4) is 0 Å². The standard InChI is InChI=1S/C13H15ClN2O2/c1-8-7-10(14)9-5-6-16(11(9)15-8)12(17)18-13(2,3)4/h5-7H,1-4H3. The molecule has 5 heteroatoms. The van der Waals surface area contributed by atoms with Gasteiger partial charge in [-0.3, -0.25) is 0 Å². The van der Waals surface area contributed by atoms with Crippen LogP contribution in [0.1, 0.15) is 26.5 Å². The Kier molecular flexibility index (Phi) is 3.07. The van der Waals surface area contributed by atoms with E-state index < -0.39 is 11.7 Å². The van der Waals surface area contributed by atoms with E-state index in [-0.39, 0.29) is 0 Å². The van der Waals surface area contributed by atoms with Crippen LogP contribution in [-0.2, 0) is 4.74 Å². The Morgan fingerprint density at radius 2 is 2.11 bits per heavy atom. The Labute approximate surface area is 111 Å². The van der Waals surface area contributed by atoms with E-state index in [2.05, 4.69) is 4.98 Å². The molecule has 0 aliphatic heterocycles. The first-order chi connectivity index (χ1) is 8.28. The summed E-state index contributed by atoms with van der Waals surface area (Å²) >= 11 is 6.11. The molecule has 0 aliphatic rings. The molecule has 0 atom stereocenters. The summed E-state index contributed by atoms with van der Waals surface area (Å²) in [5.74, 6) is 0. The third kappa shape index (κ3) is 2.48. The highest BCUT2D eigenvalue weighted by Crippen LogP contribution is 2.24. The summed E-state index contributed by atoms with van der Waals surface area (Å²) in [6.45, 7) is 7.30. The molecule has 2 aromatic rings. The van der Waals surface area contributed by atoms with E-state index in [4.69, 9.17) is 16.3 Å². The normalized spacial score (nSPS) is 11.8. The first-order valence-corrected chi connectivity index (χ1v) is 6.03. The average Bonchev–Trinajstić information content (AvgIpc) is 2.58. The summed E-state index contributed by atoms with van der Waals surface area (Å²) in [7, 11) is 0. The molecule has 2 aromatic heterocycles. The van der Waals surface area contributed by atoms with Gasteiger partial charge in [-0.05, 0) is 39.8 Å². The van der Waals surface area contributed by atoms with Gasteiger partial charge in [-0.2, -0.15) is 0 Å². The molecule has 0 saturated carbocycles. The second-order valence-corrected chi connectivity index (χ2v) is 5.56. The van der Waals surface area contributed by atoms with Crippen molar-refractivity contribution in [2.75, 3.05) is 0 Å². The molecule has 0 unspecified atom stereocenters. The summed E-state index contributed by atoms with van der Waals surface area (Å²) in [6.07, 6.45) is 1.17. The van der Waals surface area contributed by atoms with Crippen molar-refractivity contribution in [1.29, 1.82) is 0 Å². The molecule has 0 saturated heterocycles. The number of pyridine rings is 1. The van der Waals surface area contributed by atoms with Crippen LogP contribution in [0.25, 0.3) is 11.0 Å². The van der Waals surface area contributed by atoms with Crippen LogP contribution in [0.2, 0.25) is 5.02 Å². The van der Waals surface area contributed by atoms with Gasteiger partial charge in [0.1, 0.15) is 5.60 Å². The maximum absolute atomic E-state index is 12.0. The summed E-state index contributed by atoms with van der Waals surface area (Å²) in [4.78, 5) is 16.3. The van der Waals surface area contributed by atoms with Crippen molar-refractivity contribution < 1.29 is 9.53 Å². The van der Waals surface area contributed by atoms with Gasteiger partial charge in [0.05, 0.1) is 5.02 Å². The highest BCUT2D eigenvalue weighted by atomic mass is 35.5. The quantitative estimate of drug-likeness (QED) is 0.729. The van der Waals surface area contributed by atoms with Crippen LogP contribution in [0, 0.1) is 6.92 Å². The second kappa shape index (κ2) is 4.28. The van der Waals surface area contributed by atoms with Crippen LogP contribution in [0.4, 0.5) is 4.79 Å². The fourth-order valence-electron chi connectivity index (χ4n) is 1.64. The molecule has 4 nitrogen and oxygen atoms in total. The van der Waals surface area contributed by atoms with Gasteiger partial charge < -0.3 is 4.74 Å². The fourth-order valence-corrected chi connectivity index (χ4v) is 1.95. The van der Waals surface area contributed by atoms with Gasteiger partial charge in [-0.15, -0.1) is 0 Å². The molecule has 0 bridgehead atoms. The predicted octanol–water partition coefficient (Wildman–Crippen LogP) is 3.78. The van der Waals surface area contributed by atoms with Crippen LogP contribution in [0.5, 0.6) is 0 Å². The molecule has 96 valence electrons. The molecule has 0 amide bonds. The second-order valence-electron chi connectivity index (χ2n) is 5.15. The molecule has 0 N–H and O–H groups in total. The van der Waals surface area contributed by atoms with E-state index in [1.165, 1.54) is 4.57 Å². The number of nitrogens with zero attached hydrogens (tertiary/aromatic N) is 2. The third-order valence-electron chi connectivity index (χ3n) is 2.32. The number of carbonyl (C=O) groups excluding carboxylic acids is 1. The number of aromatic nitrogens is 2. The minimum atomic E-state index is -0.540. The van der Waals surface area contributed by atoms with Gasteiger partial charge in [0, 0.05) is 17.3 Å². The molecule has 2 rings (SSSR count). The highest BCUT2D eigenvalue weighted by Gasteiger charge is 2.20. The van der Waals surface area contributed by atoms with Gasteiger partial charge in [0.25, 0.3) is 0 Å². The van der Waals surface area contributed by atoms with E-state index in [0.29, 0.717) is 10.7 Å². The van der Waals surface area contributed by atoms with Crippen molar-refractivity contribution in [3.05, 3.63) is 29.0 Å². The number of fused-ring (bicyclic) bond motifs is 1. The monoisotopic (exact) mass is 266 g/mol. The summed E-state index contributed by atoms with van der Waals surface area (Å²) in [5, 5.41) is 1.33. The van der Waals surface area contributed by atoms with E-state index in [9.17, 15) is 4.79 Å². The topological polar surface area (TPSA) is 44.1 Å². The van der Waals surface area contributed by atoms with Crippen molar-refractivity contribution >= 4 is 28.7 Å². The van der Waals surface area contributed by atoms with E-state index in [0.717, 1.165) is 11.1 Å². The zero-order valence-electron chi connectivity index (χ0n) is 10.8. The van der Waals surface area contributed by atoms with Gasteiger partial charge in [0.15, 0.2) is 5.65 Å². The van der Waals surface area contributed by atoms with Crippen molar-refractivity contribution in [2.45, 2.75) is 33.3 Å². The number of ether oxygens (including phenoxy) is 1. The molecule has 2 heterocycles. The van der Waals surface area contributed by atoms with Gasteiger partial charge in [-0.1, -0.05) is 11.6 Å². The first-order valence-electron chi connectivity index (χ1n) is 5.65. The van der Waals surface area contributed by atoms with Gasteiger partial charge in [0.2, 0.25) is 0 Å². The number of halogens is 1. The summed E-state index contributed by atoms with van der Waals surface area (Å²) in [5.41, 5.74) is 0.742. The molecular weight excluding hydrogens is 252 g/mol. The minimum absolute atomic E-state index is 0.452. The van der Waals surface area contributed by atoms with Crippen molar-refractivity contribution in [3.63, 3.8) is 0 Å². The Hall–Kier alpha value is -1.55. The lowest BCUT2D eigenvalue weighted by Crippen LogP contribution is -2.26.